The van der Waals surface area contributed by atoms with E-state index >= 15 is 0 Å². The van der Waals surface area contributed by atoms with Gasteiger partial charge in [0.2, 0.25) is 0 Å². The van der Waals surface area contributed by atoms with Crippen LogP contribution in [0.2, 0.25) is 0 Å². The molecule has 8 aromatic rings. The molecule has 228 valence electrons. The van der Waals surface area contributed by atoms with Gasteiger partial charge in [0, 0.05) is 22.4 Å². The zero-order valence-electron chi connectivity index (χ0n) is 27.2. The van der Waals surface area contributed by atoms with Crippen molar-refractivity contribution >= 4 is 38.6 Å². The number of benzene rings is 8. The summed E-state index contributed by atoms with van der Waals surface area (Å²) in [5, 5.41) is 5.03. The number of hydrogen-bond acceptors (Lipinski definition) is 1. The van der Waals surface area contributed by atoms with Crippen molar-refractivity contribution in [2.24, 2.45) is 0 Å². The van der Waals surface area contributed by atoms with E-state index in [1.807, 2.05) is 0 Å². The Morgan fingerprint density at radius 3 is 1.58 bits per heavy atom. The molecule has 0 atom stereocenters. The summed E-state index contributed by atoms with van der Waals surface area (Å²) in [5.41, 5.74) is 13.8. The van der Waals surface area contributed by atoms with Crippen LogP contribution in [0.25, 0.3) is 54.9 Å². The van der Waals surface area contributed by atoms with Gasteiger partial charge in [-0.25, -0.2) is 0 Å². The fourth-order valence-electron chi connectivity index (χ4n) is 7.70. The molecule has 0 fully saturated rings. The molecule has 0 radical (unpaired) electrons. The summed E-state index contributed by atoms with van der Waals surface area (Å²) >= 11 is 0. The first-order valence-electron chi connectivity index (χ1n) is 16.8. The Bertz CT molecular complexity index is 2470. The quantitative estimate of drug-likeness (QED) is 0.187. The number of hydrogen-bond donors (Lipinski definition) is 0. The van der Waals surface area contributed by atoms with E-state index in [2.05, 4.69) is 195 Å². The van der Waals surface area contributed by atoms with Crippen LogP contribution in [0.5, 0.6) is 0 Å². The Morgan fingerprint density at radius 1 is 0.375 bits per heavy atom. The van der Waals surface area contributed by atoms with Crippen LogP contribution in [0.1, 0.15) is 25.0 Å². The minimum Gasteiger partial charge on any atom is -0.310 e. The molecule has 0 unspecified atom stereocenters. The van der Waals surface area contributed by atoms with E-state index in [0.29, 0.717) is 0 Å². The Labute approximate surface area is 282 Å². The van der Waals surface area contributed by atoms with E-state index < -0.39 is 0 Å². The second-order valence-electron chi connectivity index (χ2n) is 13.4. The van der Waals surface area contributed by atoms with Crippen LogP contribution in [-0.2, 0) is 5.41 Å². The van der Waals surface area contributed by atoms with Crippen molar-refractivity contribution in [3.05, 3.63) is 187 Å². The zero-order valence-corrected chi connectivity index (χ0v) is 27.2. The van der Waals surface area contributed by atoms with Crippen LogP contribution in [0, 0.1) is 0 Å². The summed E-state index contributed by atoms with van der Waals surface area (Å²) in [6.45, 7) is 4.69. The minimum atomic E-state index is -0.0551. The average Bonchev–Trinajstić information content (AvgIpc) is 3.38. The number of anilines is 3. The molecular weight excluding hydrogens is 579 g/mol. The lowest BCUT2D eigenvalue weighted by Gasteiger charge is -2.29. The lowest BCUT2D eigenvalue weighted by Crippen LogP contribution is -2.16. The lowest BCUT2D eigenvalue weighted by atomic mass is 9.82. The monoisotopic (exact) mass is 613 g/mol. The molecule has 9 rings (SSSR count). The minimum absolute atomic E-state index is 0.0551. The van der Waals surface area contributed by atoms with Crippen LogP contribution in [0.3, 0.4) is 0 Å². The maximum Gasteiger partial charge on any atom is 0.0543 e. The Kier molecular flexibility index (Phi) is 6.55. The first kappa shape index (κ1) is 28.3. The van der Waals surface area contributed by atoms with Gasteiger partial charge in [0.1, 0.15) is 0 Å². The standard InChI is InChI=1S/C47H35N/c1-47(2)43-16-9-8-15-42(43)46-44(47)17-10-18-45(46)48(40-13-4-3-5-14-40)41-27-25-33(26-28-41)35-21-22-38-31-39(24-23-37(38)30-35)36-20-19-32-11-6-7-12-34(32)29-36/h3-31H,1-2H3. The third kappa shape index (κ3) is 4.62. The molecule has 0 saturated carbocycles. The van der Waals surface area contributed by atoms with Gasteiger partial charge in [-0.05, 0) is 109 Å². The normalized spacial score (nSPS) is 13.0. The number of nitrogens with zero attached hydrogens (tertiary/aromatic N) is 1. The van der Waals surface area contributed by atoms with Crippen LogP contribution < -0.4 is 4.90 Å². The van der Waals surface area contributed by atoms with E-state index in [-0.39, 0.29) is 5.41 Å². The van der Waals surface area contributed by atoms with Crippen molar-refractivity contribution in [2.75, 3.05) is 4.90 Å². The highest BCUT2D eigenvalue weighted by atomic mass is 15.1. The molecule has 0 N–H and O–H groups in total. The van der Waals surface area contributed by atoms with Gasteiger partial charge in [0.15, 0.2) is 0 Å². The molecule has 48 heavy (non-hydrogen) atoms. The summed E-state index contributed by atoms with van der Waals surface area (Å²) in [4.78, 5) is 2.41. The topological polar surface area (TPSA) is 3.24 Å². The first-order valence-corrected chi connectivity index (χ1v) is 16.8. The van der Waals surface area contributed by atoms with E-state index in [0.717, 1.165) is 11.4 Å². The Hall–Kier alpha value is -5.92. The molecule has 0 heterocycles. The molecule has 0 spiro atoms. The second-order valence-corrected chi connectivity index (χ2v) is 13.4. The Balaban J connectivity index is 1.08. The Morgan fingerprint density at radius 2 is 0.875 bits per heavy atom. The number of para-hydroxylation sites is 1. The number of fused-ring (bicyclic) bond motifs is 5. The average molecular weight is 614 g/mol. The van der Waals surface area contributed by atoms with Gasteiger partial charge in [0.25, 0.3) is 0 Å². The molecular formula is C47H35N. The predicted molar refractivity (Wildman–Crippen MR) is 205 cm³/mol. The SMILES string of the molecule is CC1(C)c2ccccc2-c2c(N(c3ccccc3)c3ccc(-c4ccc5cc(-c6ccc7ccccc7c6)ccc5c4)cc3)cccc21. The molecule has 8 aromatic carbocycles. The largest absolute Gasteiger partial charge is 0.310 e. The van der Waals surface area contributed by atoms with Crippen molar-refractivity contribution in [1.29, 1.82) is 0 Å². The highest BCUT2D eigenvalue weighted by Crippen LogP contribution is 2.54. The van der Waals surface area contributed by atoms with Crippen molar-refractivity contribution in [1.82, 2.24) is 0 Å². The fourth-order valence-corrected chi connectivity index (χ4v) is 7.70. The predicted octanol–water partition coefficient (Wildman–Crippen LogP) is 13.1. The smallest absolute Gasteiger partial charge is 0.0543 e. The molecule has 0 saturated heterocycles. The van der Waals surface area contributed by atoms with Gasteiger partial charge in [-0.1, -0.05) is 141 Å². The second kappa shape index (κ2) is 11.1. The maximum absolute atomic E-state index is 2.41. The molecule has 0 amide bonds. The first-order chi connectivity index (χ1) is 23.5. The van der Waals surface area contributed by atoms with Crippen molar-refractivity contribution in [3.63, 3.8) is 0 Å². The molecule has 0 aromatic heterocycles. The highest BCUT2D eigenvalue weighted by Gasteiger charge is 2.37. The van der Waals surface area contributed by atoms with E-state index in [4.69, 9.17) is 0 Å². The van der Waals surface area contributed by atoms with Crippen LogP contribution in [0.15, 0.2) is 176 Å². The summed E-state index contributed by atoms with van der Waals surface area (Å²) in [6, 6.07) is 64.4. The van der Waals surface area contributed by atoms with Gasteiger partial charge < -0.3 is 4.90 Å². The maximum atomic E-state index is 2.41. The van der Waals surface area contributed by atoms with E-state index in [1.165, 1.54) is 71.7 Å². The number of rotatable bonds is 5. The fraction of sp³-hybridized carbons (Fsp3) is 0.0638. The molecule has 0 aliphatic heterocycles. The van der Waals surface area contributed by atoms with Gasteiger partial charge >= 0.3 is 0 Å². The molecule has 0 bridgehead atoms. The van der Waals surface area contributed by atoms with E-state index in [9.17, 15) is 0 Å². The molecule has 1 nitrogen and oxygen atoms in total. The molecule has 1 aliphatic rings. The lowest BCUT2D eigenvalue weighted by molar-refractivity contribution is 0.660. The van der Waals surface area contributed by atoms with Crippen molar-refractivity contribution < 1.29 is 0 Å². The van der Waals surface area contributed by atoms with Crippen LogP contribution >= 0.6 is 0 Å². The summed E-state index contributed by atoms with van der Waals surface area (Å²) in [5.74, 6) is 0. The van der Waals surface area contributed by atoms with Gasteiger partial charge in [-0.2, -0.15) is 0 Å². The van der Waals surface area contributed by atoms with Crippen molar-refractivity contribution in [3.8, 4) is 33.4 Å². The van der Waals surface area contributed by atoms with Gasteiger partial charge in [-0.15, -0.1) is 0 Å². The van der Waals surface area contributed by atoms with Gasteiger partial charge in [0.05, 0.1) is 5.69 Å². The van der Waals surface area contributed by atoms with Gasteiger partial charge in [-0.3, -0.25) is 0 Å². The molecule has 1 aliphatic carbocycles. The van der Waals surface area contributed by atoms with Crippen LogP contribution in [-0.4, -0.2) is 0 Å². The summed E-state index contributed by atoms with van der Waals surface area (Å²) < 4.78 is 0. The third-order valence-electron chi connectivity index (χ3n) is 10.2. The summed E-state index contributed by atoms with van der Waals surface area (Å²) in [6.07, 6.45) is 0. The summed E-state index contributed by atoms with van der Waals surface area (Å²) in [7, 11) is 0. The zero-order chi connectivity index (χ0) is 32.2. The highest BCUT2D eigenvalue weighted by molar-refractivity contribution is 5.96. The van der Waals surface area contributed by atoms with Crippen LogP contribution in [0.4, 0.5) is 17.1 Å². The molecule has 1 heteroatoms. The van der Waals surface area contributed by atoms with Crippen molar-refractivity contribution in [2.45, 2.75) is 19.3 Å². The van der Waals surface area contributed by atoms with E-state index in [1.54, 1.807) is 0 Å². The third-order valence-corrected chi connectivity index (χ3v) is 10.2.